The maximum absolute atomic E-state index is 12.0. The Morgan fingerprint density at radius 3 is 2.72 bits per heavy atom. The molecule has 0 bridgehead atoms. The van der Waals surface area contributed by atoms with Gasteiger partial charge in [-0.05, 0) is 49.0 Å². The maximum atomic E-state index is 12.0. The zero-order chi connectivity index (χ0) is 21.2. The van der Waals surface area contributed by atoms with E-state index in [-0.39, 0.29) is 48.0 Å². The van der Waals surface area contributed by atoms with E-state index < -0.39 is 11.9 Å². The predicted octanol–water partition coefficient (Wildman–Crippen LogP) is 4.48. The zero-order valence-corrected chi connectivity index (χ0v) is 17.6. The van der Waals surface area contributed by atoms with Crippen molar-refractivity contribution in [2.24, 2.45) is 5.41 Å². The van der Waals surface area contributed by atoms with Crippen molar-refractivity contribution in [1.29, 1.82) is 0 Å². The van der Waals surface area contributed by atoms with Gasteiger partial charge in [-0.2, -0.15) is 0 Å². The molecule has 29 heavy (non-hydrogen) atoms. The normalized spacial score (nSPS) is 20.0. The van der Waals surface area contributed by atoms with Gasteiger partial charge in [-0.25, -0.2) is 4.79 Å². The summed E-state index contributed by atoms with van der Waals surface area (Å²) >= 11 is 12.9. The van der Waals surface area contributed by atoms with Gasteiger partial charge in [0.2, 0.25) is 0 Å². The Hall–Kier alpha value is -2.05. The third kappa shape index (κ3) is 4.43. The molecule has 0 heterocycles. The number of hydrogen-bond acceptors (Lipinski definition) is 5. The third-order valence-electron chi connectivity index (χ3n) is 5.60. The van der Waals surface area contributed by atoms with Crippen molar-refractivity contribution in [3.8, 4) is 5.75 Å². The van der Waals surface area contributed by atoms with Crippen LogP contribution in [-0.4, -0.2) is 36.0 Å². The summed E-state index contributed by atoms with van der Waals surface area (Å²) in [6, 6.07) is 1.78. The molecule has 156 valence electrons. The van der Waals surface area contributed by atoms with Crippen LogP contribution in [0.1, 0.15) is 50.2 Å². The first-order chi connectivity index (χ1) is 13.8. The van der Waals surface area contributed by atoms with Gasteiger partial charge in [0.05, 0.1) is 11.6 Å². The molecule has 2 aliphatic rings. The summed E-state index contributed by atoms with van der Waals surface area (Å²) in [6.07, 6.45) is 4.77. The van der Waals surface area contributed by atoms with Gasteiger partial charge in [0.25, 0.3) is 0 Å². The Morgan fingerprint density at radius 2 is 2.03 bits per heavy atom. The number of benzene rings is 1. The lowest BCUT2D eigenvalue weighted by atomic mass is 9.71. The fraction of sp³-hybridized carbons (Fsp3) is 0.476. The molecule has 1 aromatic carbocycles. The number of ether oxygens (including phenoxy) is 2. The quantitative estimate of drug-likeness (QED) is 0.473. The summed E-state index contributed by atoms with van der Waals surface area (Å²) in [7, 11) is 0. The highest BCUT2D eigenvalue weighted by Gasteiger charge is 2.44. The lowest BCUT2D eigenvalue weighted by Gasteiger charge is -2.32. The smallest absolute Gasteiger partial charge is 0.344 e. The topological polar surface area (TPSA) is 89.9 Å². The van der Waals surface area contributed by atoms with E-state index in [0.717, 1.165) is 36.0 Å². The maximum Gasteiger partial charge on any atom is 0.344 e. The molecule has 0 aromatic heterocycles. The van der Waals surface area contributed by atoms with E-state index in [1.807, 2.05) is 0 Å². The molecule has 8 heteroatoms. The fourth-order valence-electron chi connectivity index (χ4n) is 4.04. The van der Waals surface area contributed by atoms with Crippen LogP contribution in [0.4, 0.5) is 0 Å². The van der Waals surface area contributed by atoms with Crippen LogP contribution in [0.25, 0.3) is 5.57 Å². The zero-order valence-electron chi connectivity index (χ0n) is 16.1. The molecular formula is C21H22Cl2O6. The molecule has 0 saturated carbocycles. The summed E-state index contributed by atoms with van der Waals surface area (Å²) in [5.41, 5.74) is 2.58. The van der Waals surface area contributed by atoms with Crippen LogP contribution in [-0.2, 0) is 25.5 Å². The molecule has 6 nitrogen and oxygen atoms in total. The van der Waals surface area contributed by atoms with Crippen LogP contribution >= 0.6 is 23.2 Å². The molecule has 3 rings (SSSR count). The van der Waals surface area contributed by atoms with Gasteiger partial charge in [-0.15, -0.1) is 0 Å². The minimum Gasteiger partial charge on any atom is -0.481 e. The Labute approximate surface area is 178 Å². The van der Waals surface area contributed by atoms with E-state index in [1.54, 1.807) is 12.1 Å². The fourth-order valence-corrected chi connectivity index (χ4v) is 4.56. The Morgan fingerprint density at radius 1 is 1.28 bits per heavy atom. The van der Waals surface area contributed by atoms with Gasteiger partial charge >= 0.3 is 11.9 Å². The standard InChI is InChI=1S/C21H22Cl2O6/c1-2-21-6-5-13(24)9-14(21)18-12(10-21)8-15(19(22)20(18)23)29-11-17(27)28-7-3-4-16(25)26/h8-9H,2-7,10-11H2,1H3,(H,25,26). The van der Waals surface area contributed by atoms with Crippen molar-refractivity contribution in [2.75, 3.05) is 13.2 Å². The van der Waals surface area contributed by atoms with E-state index in [9.17, 15) is 14.4 Å². The van der Waals surface area contributed by atoms with Gasteiger partial charge in [-0.1, -0.05) is 30.1 Å². The van der Waals surface area contributed by atoms with E-state index in [1.165, 1.54) is 0 Å². The lowest BCUT2D eigenvalue weighted by molar-refractivity contribution is -0.147. The van der Waals surface area contributed by atoms with Crippen molar-refractivity contribution >= 4 is 46.5 Å². The molecule has 0 spiro atoms. The first-order valence-corrected chi connectivity index (χ1v) is 10.3. The molecule has 1 N–H and O–H groups in total. The average Bonchev–Trinajstić information content (AvgIpc) is 3.01. The van der Waals surface area contributed by atoms with Gasteiger partial charge < -0.3 is 14.6 Å². The summed E-state index contributed by atoms with van der Waals surface area (Å²) in [5, 5.41) is 9.09. The monoisotopic (exact) mass is 440 g/mol. The molecule has 0 amide bonds. The summed E-state index contributed by atoms with van der Waals surface area (Å²) in [4.78, 5) is 34.3. The Bertz CT molecular complexity index is 892. The highest BCUT2D eigenvalue weighted by molar-refractivity contribution is 6.44. The van der Waals surface area contributed by atoms with Crippen LogP contribution in [0.5, 0.6) is 5.75 Å². The highest BCUT2D eigenvalue weighted by Crippen LogP contribution is 2.57. The van der Waals surface area contributed by atoms with E-state index in [0.29, 0.717) is 11.4 Å². The third-order valence-corrected chi connectivity index (χ3v) is 6.45. The minimum absolute atomic E-state index is 0.00831. The highest BCUT2D eigenvalue weighted by atomic mass is 35.5. The number of ketones is 1. The minimum atomic E-state index is -0.945. The Balaban J connectivity index is 1.74. The van der Waals surface area contributed by atoms with Gasteiger partial charge in [0.15, 0.2) is 12.4 Å². The summed E-state index contributed by atoms with van der Waals surface area (Å²) in [5.74, 6) is -1.18. The molecule has 0 fully saturated rings. The number of carbonyl (C=O) groups is 3. The van der Waals surface area contributed by atoms with Crippen LogP contribution in [0.15, 0.2) is 12.1 Å². The molecule has 2 aliphatic carbocycles. The second-order valence-corrected chi connectivity index (χ2v) is 8.13. The van der Waals surface area contributed by atoms with E-state index >= 15 is 0 Å². The molecule has 0 radical (unpaired) electrons. The van der Waals surface area contributed by atoms with Crippen LogP contribution < -0.4 is 4.74 Å². The van der Waals surface area contributed by atoms with Crippen molar-refractivity contribution in [2.45, 2.75) is 45.4 Å². The van der Waals surface area contributed by atoms with Crippen LogP contribution in [0.2, 0.25) is 10.0 Å². The SMILES string of the molecule is CCC12CCC(=O)C=C1c1c(cc(OCC(=O)OCCCC(=O)O)c(Cl)c1Cl)C2. The number of allylic oxidation sites excluding steroid dienone is 2. The van der Waals surface area contributed by atoms with Gasteiger partial charge in [0.1, 0.15) is 10.8 Å². The number of aliphatic carboxylic acids is 1. The molecule has 1 atom stereocenters. The first-order valence-electron chi connectivity index (χ1n) is 9.54. The molecule has 0 aliphatic heterocycles. The average molecular weight is 441 g/mol. The summed E-state index contributed by atoms with van der Waals surface area (Å²) in [6.45, 7) is 1.75. The number of carboxylic acid groups (broad SMARTS) is 1. The van der Waals surface area contributed by atoms with Crippen LogP contribution in [0.3, 0.4) is 0 Å². The predicted molar refractivity (Wildman–Crippen MR) is 108 cm³/mol. The second-order valence-electron chi connectivity index (χ2n) is 7.38. The molecule has 1 aromatic rings. The number of halogens is 2. The van der Waals surface area contributed by atoms with Gasteiger partial charge in [-0.3, -0.25) is 9.59 Å². The largest absolute Gasteiger partial charge is 0.481 e. The van der Waals surface area contributed by atoms with Gasteiger partial charge in [0, 0.05) is 23.8 Å². The van der Waals surface area contributed by atoms with Crippen molar-refractivity contribution in [1.82, 2.24) is 0 Å². The molecule has 1 unspecified atom stereocenters. The van der Waals surface area contributed by atoms with Crippen LogP contribution in [0, 0.1) is 5.41 Å². The number of carboxylic acids is 1. The first kappa shape index (κ1) is 21.7. The van der Waals surface area contributed by atoms with Crippen molar-refractivity contribution < 1.29 is 29.0 Å². The van der Waals surface area contributed by atoms with Crippen molar-refractivity contribution in [3.63, 3.8) is 0 Å². The van der Waals surface area contributed by atoms with Crippen molar-refractivity contribution in [3.05, 3.63) is 33.3 Å². The van der Waals surface area contributed by atoms with E-state index in [4.69, 9.17) is 37.8 Å². The molecular weight excluding hydrogens is 419 g/mol. The number of fused-ring (bicyclic) bond motifs is 3. The number of hydrogen-bond donors (Lipinski definition) is 1. The second kappa shape index (κ2) is 8.76. The number of carbonyl (C=O) groups excluding carboxylic acids is 2. The summed E-state index contributed by atoms with van der Waals surface area (Å²) < 4.78 is 10.5. The number of rotatable bonds is 8. The van der Waals surface area contributed by atoms with E-state index in [2.05, 4.69) is 6.92 Å². The Kier molecular flexibility index (Phi) is 6.54. The molecule has 0 saturated heterocycles. The lowest BCUT2D eigenvalue weighted by Crippen LogP contribution is -2.24. The number of esters is 1.